The fraction of sp³-hybridized carbons (Fsp3) is 0.171. The number of nitrogens with zero attached hydrogens (tertiary/aromatic N) is 1. The minimum absolute atomic E-state index is 0.220. The van der Waals surface area contributed by atoms with Crippen molar-refractivity contribution in [3.8, 4) is 11.5 Å². The van der Waals surface area contributed by atoms with Gasteiger partial charge in [0.2, 0.25) is 5.91 Å². The number of amides is 1. The molecule has 3 aliphatic heterocycles. The lowest BCUT2D eigenvalue weighted by atomic mass is 9.64. The lowest BCUT2D eigenvalue weighted by molar-refractivity contribution is -0.121. The number of Topliss-reactive ketones (excluding diaryl/α,β-unsaturated/α-hetero) is 2. The van der Waals surface area contributed by atoms with Crippen LogP contribution in [0.25, 0.3) is 6.08 Å². The highest BCUT2D eigenvalue weighted by Crippen LogP contribution is 2.58. The van der Waals surface area contributed by atoms with E-state index in [0.29, 0.717) is 22.7 Å². The Kier molecular flexibility index (Phi) is 6.36. The zero-order chi connectivity index (χ0) is 29.9. The van der Waals surface area contributed by atoms with Gasteiger partial charge in [-0.1, -0.05) is 72.3 Å². The summed E-state index contributed by atoms with van der Waals surface area (Å²) in [6.07, 6.45) is 3.90. The third kappa shape index (κ3) is 3.78. The van der Waals surface area contributed by atoms with Gasteiger partial charge in [-0.05, 0) is 53.6 Å². The number of fused-ring (bicyclic) bond motifs is 6. The van der Waals surface area contributed by atoms with Gasteiger partial charge in [0.15, 0.2) is 11.6 Å². The van der Waals surface area contributed by atoms with Crippen molar-refractivity contribution in [2.75, 3.05) is 24.4 Å². The molecule has 3 heterocycles. The van der Waals surface area contributed by atoms with Crippen molar-refractivity contribution in [2.24, 2.45) is 5.92 Å². The molecule has 1 saturated heterocycles. The van der Waals surface area contributed by atoms with Crippen molar-refractivity contribution in [3.63, 3.8) is 0 Å². The molecule has 1 spiro atoms. The van der Waals surface area contributed by atoms with Crippen molar-refractivity contribution in [2.45, 2.75) is 17.5 Å². The maximum atomic E-state index is 15.1. The number of halogens is 1. The summed E-state index contributed by atoms with van der Waals surface area (Å²) in [5.74, 6) is -1.51. The molecule has 43 heavy (non-hydrogen) atoms. The molecule has 8 heteroatoms. The molecule has 0 radical (unpaired) electrons. The number of hydrogen-bond acceptors (Lipinski definition) is 6. The molecule has 0 saturated carbocycles. The predicted octanol–water partition coefficient (Wildman–Crippen LogP) is 6.21. The van der Waals surface area contributed by atoms with Gasteiger partial charge in [0.05, 0.1) is 36.8 Å². The quantitative estimate of drug-likeness (QED) is 0.269. The zero-order valence-electron chi connectivity index (χ0n) is 23.4. The highest BCUT2D eigenvalue weighted by molar-refractivity contribution is 6.34. The van der Waals surface area contributed by atoms with E-state index in [-0.39, 0.29) is 27.8 Å². The maximum absolute atomic E-state index is 15.1. The van der Waals surface area contributed by atoms with Crippen LogP contribution < -0.4 is 19.7 Å². The minimum Gasteiger partial charge on any atom is -0.497 e. The number of para-hydroxylation sites is 2. The van der Waals surface area contributed by atoms with Crippen LogP contribution in [0.4, 0.5) is 11.4 Å². The molecule has 3 aliphatic rings. The average Bonchev–Trinajstić information content (AvgIpc) is 3.52. The summed E-state index contributed by atoms with van der Waals surface area (Å²) in [5, 5.41) is 3.31. The average molecular weight is 591 g/mol. The third-order valence-electron chi connectivity index (χ3n) is 8.90. The fourth-order valence-corrected chi connectivity index (χ4v) is 7.34. The summed E-state index contributed by atoms with van der Waals surface area (Å²) in [7, 11) is 2.99. The van der Waals surface area contributed by atoms with Crippen molar-refractivity contribution < 1.29 is 23.9 Å². The Hall–Kier alpha value is -4.88. The first kappa shape index (κ1) is 27.0. The number of hydrogen-bond donors (Lipinski definition) is 1. The van der Waals surface area contributed by atoms with Crippen LogP contribution in [0.2, 0.25) is 5.02 Å². The van der Waals surface area contributed by atoms with Crippen molar-refractivity contribution >= 4 is 46.5 Å². The number of methoxy groups -OCH3 is 2. The second-order valence-corrected chi connectivity index (χ2v) is 11.2. The molecule has 4 atom stereocenters. The lowest BCUT2D eigenvalue weighted by Crippen LogP contribution is -2.51. The Bertz CT molecular complexity index is 1850. The van der Waals surface area contributed by atoms with Gasteiger partial charge in [0, 0.05) is 16.9 Å². The van der Waals surface area contributed by atoms with Crippen LogP contribution in [0, 0.1) is 5.92 Å². The summed E-state index contributed by atoms with van der Waals surface area (Å²) in [6, 6.07) is 25.1. The van der Waals surface area contributed by atoms with E-state index in [4.69, 9.17) is 21.1 Å². The van der Waals surface area contributed by atoms with E-state index in [1.165, 1.54) is 14.2 Å². The van der Waals surface area contributed by atoms with Crippen molar-refractivity contribution in [1.82, 2.24) is 0 Å². The Morgan fingerprint density at radius 1 is 0.860 bits per heavy atom. The molecule has 4 aromatic carbocycles. The number of anilines is 2. The predicted molar refractivity (Wildman–Crippen MR) is 165 cm³/mol. The van der Waals surface area contributed by atoms with Gasteiger partial charge in [-0.15, -0.1) is 0 Å². The van der Waals surface area contributed by atoms with Crippen LogP contribution in [0.1, 0.15) is 31.8 Å². The highest BCUT2D eigenvalue weighted by Gasteiger charge is 2.70. The molecule has 1 fully saturated rings. The van der Waals surface area contributed by atoms with Gasteiger partial charge in [0.25, 0.3) is 0 Å². The number of nitrogens with one attached hydrogen (secondary N) is 1. The van der Waals surface area contributed by atoms with Gasteiger partial charge in [-0.3, -0.25) is 14.4 Å². The lowest BCUT2D eigenvalue weighted by Gasteiger charge is -2.37. The monoisotopic (exact) mass is 590 g/mol. The van der Waals surface area contributed by atoms with Gasteiger partial charge < -0.3 is 19.7 Å². The SMILES string of the molecule is COc1ccc(OC)c(C(=O)[C@H]2[C@@H](C(=O)c3ccccc3Cl)N3c4ccccc4C=C[C@@H]3[C@]23C(=O)Nc2ccccc23)c1. The van der Waals surface area contributed by atoms with Crippen molar-refractivity contribution in [1.29, 1.82) is 0 Å². The normalized spacial score (nSPS) is 22.9. The standard InChI is InChI=1S/C35H27ClN2O5/c1-42-21-16-17-28(43-2)23(19-21)32(39)30-31(33(40)22-10-4-6-12-25(22)36)38-27-14-8-3-9-20(27)15-18-29(38)35(30)24-11-5-7-13-26(24)37-34(35)41/h3-19,29-31H,1-2H3,(H,37,41)/t29-,30-,31+,35+/m1/s1. The van der Waals surface area contributed by atoms with Gasteiger partial charge in [-0.2, -0.15) is 0 Å². The molecule has 0 unspecified atom stereocenters. The Morgan fingerprint density at radius 2 is 1.60 bits per heavy atom. The van der Waals surface area contributed by atoms with E-state index in [2.05, 4.69) is 5.32 Å². The van der Waals surface area contributed by atoms with E-state index < -0.39 is 29.2 Å². The van der Waals surface area contributed by atoms with Crippen LogP contribution in [0.3, 0.4) is 0 Å². The number of ether oxygens (including phenoxy) is 2. The molecule has 4 aromatic rings. The van der Waals surface area contributed by atoms with Crippen LogP contribution in [-0.4, -0.2) is 43.8 Å². The first-order valence-electron chi connectivity index (χ1n) is 13.9. The number of rotatable bonds is 6. The molecular formula is C35H27ClN2O5. The van der Waals surface area contributed by atoms with Crippen LogP contribution in [0.15, 0.2) is 97.1 Å². The highest BCUT2D eigenvalue weighted by atomic mass is 35.5. The fourth-order valence-electron chi connectivity index (χ4n) is 7.11. The molecule has 1 amide bonds. The molecular weight excluding hydrogens is 564 g/mol. The summed E-state index contributed by atoms with van der Waals surface area (Å²) >= 11 is 6.61. The molecule has 0 aromatic heterocycles. The summed E-state index contributed by atoms with van der Waals surface area (Å²) in [6.45, 7) is 0. The second kappa shape index (κ2) is 10.1. The van der Waals surface area contributed by atoms with Crippen LogP contribution >= 0.6 is 11.6 Å². The number of carbonyl (C=O) groups is 3. The molecule has 0 aliphatic carbocycles. The molecule has 1 N–H and O–H groups in total. The second-order valence-electron chi connectivity index (χ2n) is 10.8. The minimum atomic E-state index is -1.45. The van der Waals surface area contributed by atoms with E-state index in [1.807, 2.05) is 65.6 Å². The van der Waals surface area contributed by atoms with E-state index in [1.54, 1.807) is 42.5 Å². The number of carbonyl (C=O) groups excluding carboxylic acids is 3. The Balaban J connectivity index is 1.56. The number of ketones is 2. The molecule has 214 valence electrons. The largest absolute Gasteiger partial charge is 0.497 e. The van der Waals surface area contributed by atoms with E-state index >= 15 is 4.79 Å². The summed E-state index contributed by atoms with van der Waals surface area (Å²) in [5.41, 5.74) is 1.95. The molecule has 0 bridgehead atoms. The topological polar surface area (TPSA) is 84.9 Å². The van der Waals surface area contributed by atoms with Crippen molar-refractivity contribution in [3.05, 3.63) is 124 Å². The Labute approximate surface area is 253 Å². The molecule has 7 rings (SSSR count). The Morgan fingerprint density at radius 3 is 2.40 bits per heavy atom. The maximum Gasteiger partial charge on any atom is 0.238 e. The zero-order valence-corrected chi connectivity index (χ0v) is 24.2. The van der Waals surface area contributed by atoms with Crippen LogP contribution in [-0.2, 0) is 10.2 Å². The summed E-state index contributed by atoms with van der Waals surface area (Å²) < 4.78 is 11.1. The smallest absolute Gasteiger partial charge is 0.238 e. The van der Waals surface area contributed by atoms with E-state index in [0.717, 1.165) is 11.3 Å². The first-order valence-corrected chi connectivity index (χ1v) is 14.3. The van der Waals surface area contributed by atoms with Gasteiger partial charge in [0.1, 0.15) is 23.0 Å². The number of benzene rings is 4. The van der Waals surface area contributed by atoms with Crippen LogP contribution in [0.5, 0.6) is 11.5 Å². The van der Waals surface area contributed by atoms with E-state index in [9.17, 15) is 9.59 Å². The molecule has 7 nitrogen and oxygen atoms in total. The summed E-state index contributed by atoms with van der Waals surface area (Å²) in [4.78, 5) is 46.4. The van der Waals surface area contributed by atoms with Gasteiger partial charge >= 0.3 is 0 Å². The van der Waals surface area contributed by atoms with Gasteiger partial charge in [-0.25, -0.2) is 0 Å². The third-order valence-corrected chi connectivity index (χ3v) is 9.23. The first-order chi connectivity index (χ1) is 20.9.